The first kappa shape index (κ1) is 25.3. The van der Waals surface area contributed by atoms with Gasteiger partial charge in [0, 0.05) is 28.0 Å². The number of nitrogens with zero attached hydrogens (tertiary/aromatic N) is 2. The van der Waals surface area contributed by atoms with Crippen molar-refractivity contribution in [3.63, 3.8) is 0 Å². The summed E-state index contributed by atoms with van der Waals surface area (Å²) in [6.45, 7) is 10.8. The number of anilines is 2. The van der Waals surface area contributed by atoms with Gasteiger partial charge in [0.1, 0.15) is 6.54 Å². The van der Waals surface area contributed by atoms with E-state index in [4.69, 9.17) is 11.6 Å². The summed E-state index contributed by atoms with van der Waals surface area (Å²) >= 11 is 6.81. The lowest BCUT2D eigenvalue weighted by molar-refractivity contribution is -0.127. The Bertz CT molecular complexity index is 1220. The van der Waals surface area contributed by atoms with Gasteiger partial charge in [-0.1, -0.05) is 30.7 Å². The molecule has 2 aromatic carbocycles. The Morgan fingerprint density at radius 2 is 1.97 bits per heavy atom. The molecule has 0 unspecified atom stereocenters. The minimum Gasteiger partial charge on any atom is -0.364 e. The second-order valence-electron chi connectivity index (χ2n) is 10.0. The molecule has 0 aromatic heterocycles. The Kier molecular flexibility index (Phi) is 7.02. The summed E-state index contributed by atoms with van der Waals surface area (Å²) in [5.41, 5.74) is 3.88. The summed E-state index contributed by atoms with van der Waals surface area (Å²) in [4.78, 5) is 41.7. The SMILES string of the molecule is CC(C)N1c2ccc(/C=C3\SC(=O)N(CC(=O)Nc4cccc(Cl)c4)C3=O)cc2[C@H](C)CC1(C)C. The van der Waals surface area contributed by atoms with Crippen molar-refractivity contribution in [2.75, 3.05) is 16.8 Å². The van der Waals surface area contributed by atoms with E-state index in [-0.39, 0.29) is 12.1 Å². The molecule has 8 heteroatoms. The zero-order valence-corrected chi connectivity index (χ0v) is 22.2. The Balaban J connectivity index is 1.53. The fourth-order valence-electron chi connectivity index (χ4n) is 5.24. The molecule has 1 fully saturated rings. The first-order chi connectivity index (χ1) is 16.5. The molecule has 3 amide bonds. The van der Waals surface area contributed by atoms with Crippen LogP contribution in [0.15, 0.2) is 47.4 Å². The highest BCUT2D eigenvalue weighted by Crippen LogP contribution is 2.45. The zero-order valence-electron chi connectivity index (χ0n) is 20.6. The molecule has 35 heavy (non-hydrogen) atoms. The van der Waals surface area contributed by atoms with Gasteiger partial charge in [-0.25, -0.2) is 0 Å². The van der Waals surface area contributed by atoms with Crippen LogP contribution >= 0.6 is 23.4 Å². The van der Waals surface area contributed by atoms with Crippen molar-refractivity contribution in [1.82, 2.24) is 4.90 Å². The number of rotatable bonds is 5. The van der Waals surface area contributed by atoms with Gasteiger partial charge in [-0.3, -0.25) is 19.3 Å². The molecule has 4 rings (SSSR count). The van der Waals surface area contributed by atoms with Crippen LogP contribution in [-0.2, 0) is 9.59 Å². The number of nitrogens with one attached hydrogen (secondary N) is 1. The van der Waals surface area contributed by atoms with E-state index in [2.05, 4.69) is 57.0 Å². The van der Waals surface area contributed by atoms with Gasteiger partial charge in [-0.05, 0) is 99.3 Å². The van der Waals surface area contributed by atoms with E-state index >= 15 is 0 Å². The van der Waals surface area contributed by atoms with Crippen LogP contribution in [0.5, 0.6) is 0 Å². The van der Waals surface area contributed by atoms with Crippen LogP contribution in [0.4, 0.5) is 16.2 Å². The molecule has 0 bridgehead atoms. The molecule has 6 nitrogen and oxygen atoms in total. The Labute approximate surface area is 215 Å². The topological polar surface area (TPSA) is 69.7 Å². The van der Waals surface area contributed by atoms with E-state index in [1.807, 2.05) is 6.07 Å². The lowest BCUT2D eigenvalue weighted by Crippen LogP contribution is -2.51. The predicted octanol–water partition coefficient (Wildman–Crippen LogP) is 6.52. The summed E-state index contributed by atoms with van der Waals surface area (Å²) < 4.78 is 0. The Morgan fingerprint density at radius 3 is 2.66 bits per heavy atom. The molecule has 2 aromatic rings. The van der Waals surface area contributed by atoms with E-state index < -0.39 is 17.1 Å². The van der Waals surface area contributed by atoms with Crippen LogP contribution in [0, 0.1) is 0 Å². The van der Waals surface area contributed by atoms with Crippen molar-refractivity contribution >= 4 is 57.9 Å². The number of benzene rings is 2. The standard InChI is InChI=1S/C27H30ClN3O3S/c1-16(2)31-22-10-9-18(11-21(22)17(3)14-27(31,4)5)12-23-25(33)30(26(34)35-23)15-24(32)29-20-8-6-7-19(28)13-20/h6-13,16-17H,14-15H2,1-5H3,(H,29,32)/b23-12-/t17-/m1/s1. The quantitative estimate of drug-likeness (QED) is 0.463. The fourth-order valence-corrected chi connectivity index (χ4v) is 6.26. The van der Waals surface area contributed by atoms with E-state index in [9.17, 15) is 14.4 Å². The van der Waals surface area contributed by atoms with Crippen molar-refractivity contribution in [3.8, 4) is 0 Å². The monoisotopic (exact) mass is 511 g/mol. The van der Waals surface area contributed by atoms with Crippen molar-refractivity contribution in [3.05, 3.63) is 63.5 Å². The van der Waals surface area contributed by atoms with Crippen molar-refractivity contribution in [2.45, 2.75) is 58.5 Å². The average molecular weight is 512 g/mol. The van der Waals surface area contributed by atoms with Gasteiger partial charge in [-0.15, -0.1) is 0 Å². The van der Waals surface area contributed by atoms with Gasteiger partial charge < -0.3 is 10.2 Å². The number of halogens is 1. The molecule has 2 heterocycles. The average Bonchev–Trinajstić information content (AvgIpc) is 3.00. The predicted molar refractivity (Wildman–Crippen MR) is 144 cm³/mol. The van der Waals surface area contributed by atoms with E-state index in [0.717, 1.165) is 28.6 Å². The third kappa shape index (κ3) is 5.26. The number of amides is 3. The molecular formula is C27H30ClN3O3S. The Hall–Kier alpha value is -2.77. The number of hydrogen-bond donors (Lipinski definition) is 1. The maximum Gasteiger partial charge on any atom is 0.294 e. The molecule has 2 aliphatic heterocycles. The molecule has 0 radical (unpaired) electrons. The number of carbonyl (C=O) groups excluding carboxylic acids is 3. The van der Waals surface area contributed by atoms with Gasteiger partial charge >= 0.3 is 0 Å². The summed E-state index contributed by atoms with van der Waals surface area (Å²) in [6.07, 6.45) is 2.77. The third-order valence-corrected chi connectivity index (χ3v) is 7.54. The lowest BCUT2D eigenvalue weighted by Gasteiger charge is -2.50. The maximum atomic E-state index is 12.9. The van der Waals surface area contributed by atoms with Crippen LogP contribution in [0.1, 0.15) is 58.1 Å². The van der Waals surface area contributed by atoms with Crippen LogP contribution < -0.4 is 10.2 Å². The smallest absolute Gasteiger partial charge is 0.294 e. The molecule has 1 atom stereocenters. The largest absolute Gasteiger partial charge is 0.364 e. The molecule has 2 aliphatic rings. The van der Waals surface area contributed by atoms with E-state index in [0.29, 0.717) is 27.6 Å². The molecule has 0 saturated carbocycles. The number of fused-ring (bicyclic) bond motifs is 1. The summed E-state index contributed by atoms with van der Waals surface area (Å²) in [5, 5.41) is 2.70. The third-order valence-electron chi connectivity index (χ3n) is 6.40. The molecule has 1 saturated heterocycles. The molecule has 1 N–H and O–H groups in total. The zero-order chi connectivity index (χ0) is 25.5. The minimum absolute atomic E-state index is 0.0520. The second-order valence-corrected chi connectivity index (χ2v) is 11.5. The maximum absolute atomic E-state index is 12.9. The van der Waals surface area contributed by atoms with Crippen LogP contribution in [-0.4, -0.2) is 40.1 Å². The van der Waals surface area contributed by atoms with Crippen LogP contribution in [0.2, 0.25) is 5.02 Å². The fraction of sp³-hybridized carbons (Fsp3) is 0.370. The number of thioether (sulfide) groups is 1. The first-order valence-corrected chi connectivity index (χ1v) is 12.9. The summed E-state index contributed by atoms with van der Waals surface area (Å²) in [7, 11) is 0. The Morgan fingerprint density at radius 1 is 1.23 bits per heavy atom. The van der Waals surface area contributed by atoms with Crippen molar-refractivity contribution < 1.29 is 14.4 Å². The highest BCUT2D eigenvalue weighted by atomic mass is 35.5. The van der Waals surface area contributed by atoms with Gasteiger partial charge in [0.05, 0.1) is 4.91 Å². The first-order valence-electron chi connectivity index (χ1n) is 11.7. The molecule has 184 valence electrons. The summed E-state index contributed by atoms with van der Waals surface area (Å²) in [6, 6.07) is 13.3. The van der Waals surface area contributed by atoms with Crippen molar-refractivity contribution in [1.29, 1.82) is 0 Å². The number of carbonyl (C=O) groups is 3. The van der Waals surface area contributed by atoms with Gasteiger partial charge in [0.25, 0.3) is 11.1 Å². The lowest BCUT2D eigenvalue weighted by atomic mass is 9.79. The van der Waals surface area contributed by atoms with Gasteiger partial charge in [0.2, 0.25) is 5.91 Å². The highest BCUT2D eigenvalue weighted by Gasteiger charge is 2.38. The highest BCUT2D eigenvalue weighted by molar-refractivity contribution is 8.18. The minimum atomic E-state index is -0.463. The normalized spacial score (nSPS) is 20.5. The van der Waals surface area contributed by atoms with E-state index in [1.165, 1.54) is 11.3 Å². The second kappa shape index (κ2) is 9.70. The van der Waals surface area contributed by atoms with E-state index in [1.54, 1.807) is 30.3 Å². The molecular weight excluding hydrogens is 482 g/mol. The number of imide groups is 1. The van der Waals surface area contributed by atoms with Crippen LogP contribution in [0.3, 0.4) is 0 Å². The van der Waals surface area contributed by atoms with Gasteiger partial charge in [-0.2, -0.15) is 0 Å². The molecule has 0 spiro atoms. The number of hydrogen-bond acceptors (Lipinski definition) is 5. The summed E-state index contributed by atoms with van der Waals surface area (Å²) in [5.74, 6) is -0.555. The van der Waals surface area contributed by atoms with Crippen LogP contribution in [0.25, 0.3) is 6.08 Å². The van der Waals surface area contributed by atoms with Crippen molar-refractivity contribution in [2.24, 2.45) is 0 Å². The van der Waals surface area contributed by atoms with Gasteiger partial charge in [0.15, 0.2) is 0 Å². The molecule has 0 aliphatic carbocycles.